The number of nitrogens with zero attached hydrogens (tertiary/aromatic N) is 1. The number of aryl methyl sites for hydroxylation is 2. The van der Waals surface area contributed by atoms with Gasteiger partial charge in [-0.3, -0.25) is 4.99 Å². The minimum atomic E-state index is -0.147. The monoisotopic (exact) mass is 376 g/mol. The Bertz CT molecular complexity index is 920. The van der Waals surface area contributed by atoms with Gasteiger partial charge in [-0.15, -0.1) is 0 Å². The Morgan fingerprint density at radius 3 is 2.57 bits per heavy atom. The summed E-state index contributed by atoms with van der Waals surface area (Å²) in [6, 6.07) is 12.3. The van der Waals surface area contributed by atoms with Crippen molar-refractivity contribution >= 4 is 11.9 Å². The second kappa shape index (κ2) is 9.01. The van der Waals surface area contributed by atoms with Crippen molar-refractivity contribution in [2.45, 2.75) is 51.9 Å². The molecule has 0 saturated heterocycles. The Morgan fingerprint density at radius 1 is 1.21 bits per heavy atom. The van der Waals surface area contributed by atoms with Crippen molar-refractivity contribution in [1.29, 1.82) is 0 Å². The molecular weight excluding hydrogens is 347 g/mol. The Hall–Kier alpha value is -2.68. The molecule has 146 valence electrons. The summed E-state index contributed by atoms with van der Waals surface area (Å²) in [4.78, 5) is 4.33. The molecule has 1 fully saturated rings. The average molecular weight is 377 g/mol. The van der Waals surface area contributed by atoms with Gasteiger partial charge in [0, 0.05) is 17.5 Å². The van der Waals surface area contributed by atoms with E-state index in [0.29, 0.717) is 29.3 Å². The van der Waals surface area contributed by atoms with Crippen molar-refractivity contribution in [3.05, 3.63) is 88.4 Å². The van der Waals surface area contributed by atoms with Crippen LogP contribution in [0.5, 0.6) is 0 Å². The predicted octanol–water partition coefficient (Wildman–Crippen LogP) is 6.09. The molecule has 2 nitrogen and oxygen atoms in total. The van der Waals surface area contributed by atoms with E-state index in [1.54, 1.807) is 0 Å². The minimum Gasteiger partial charge on any atom is -0.398 e. The van der Waals surface area contributed by atoms with Gasteiger partial charge in [-0.1, -0.05) is 49.4 Å². The van der Waals surface area contributed by atoms with Crippen LogP contribution in [-0.4, -0.2) is 6.21 Å². The molecule has 3 rings (SSSR count). The second-order valence-electron chi connectivity index (χ2n) is 7.56. The fourth-order valence-corrected chi connectivity index (χ4v) is 3.79. The van der Waals surface area contributed by atoms with Crippen LogP contribution in [0.2, 0.25) is 0 Å². The zero-order valence-electron chi connectivity index (χ0n) is 16.8. The standard InChI is InChI=1S/C25H29FN2/c1-4-24(28-16-18(3)27)23-15-14-21(20-10-7-11-20)22(25(23)26)13-12-19-9-6-5-8-17(19)2/h4-6,8-9,14-16,20H,3,7,10-13,27H2,1-2H3/b24-4-,28-16?. The highest BCUT2D eigenvalue weighted by molar-refractivity contribution is 5.83. The molecule has 0 atom stereocenters. The molecule has 1 aliphatic rings. The lowest BCUT2D eigenvalue weighted by Gasteiger charge is -2.29. The first-order chi connectivity index (χ1) is 13.5. The van der Waals surface area contributed by atoms with E-state index in [1.807, 2.05) is 31.2 Å². The number of rotatable bonds is 7. The summed E-state index contributed by atoms with van der Waals surface area (Å²) in [7, 11) is 0. The number of benzene rings is 2. The number of nitrogens with two attached hydrogens (primary N) is 1. The van der Waals surface area contributed by atoms with Crippen LogP contribution in [0.4, 0.5) is 4.39 Å². The maximum Gasteiger partial charge on any atom is 0.136 e. The maximum atomic E-state index is 15.7. The molecule has 0 radical (unpaired) electrons. The van der Waals surface area contributed by atoms with Gasteiger partial charge in [0.15, 0.2) is 0 Å². The van der Waals surface area contributed by atoms with E-state index in [1.165, 1.54) is 29.3 Å². The van der Waals surface area contributed by atoms with Gasteiger partial charge in [0.2, 0.25) is 0 Å². The Kier molecular flexibility index (Phi) is 6.45. The summed E-state index contributed by atoms with van der Waals surface area (Å²) in [5.41, 5.74) is 11.6. The molecule has 0 amide bonds. The molecule has 0 heterocycles. The molecule has 2 aromatic rings. The molecule has 0 aromatic heterocycles. The van der Waals surface area contributed by atoms with Crippen LogP contribution in [-0.2, 0) is 12.8 Å². The SMILES string of the molecule is C=C(N)C=N/C(=C\C)c1ccc(C2CCC2)c(CCc2ccccc2C)c1F. The lowest BCUT2D eigenvalue weighted by Crippen LogP contribution is -2.14. The van der Waals surface area contributed by atoms with Crippen LogP contribution in [0, 0.1) is 12.7 Å². The normalized spacial score (nSPS) is 15.0. The summed E-state index contributed by atoms with van der Waals surface area (Å²) in [5.74, 6) is 0.336. The van der Waals surface area contributed by atoms with Crippen LogP contribution < -0.4 is 5.73 Å². The maximum absolute atomic E-state index is 15.7. The summed E-state index contributed by atoms with van der Waals surface area (Å²) in [6.07, 6.45) is 8.35. The van der Waals surface area contributed by atoms with Crippen molar-refractivity contribution in [3.63, 3.8) is 0 Å². The summed E-state index contributed by atoms with van der Waals surface area (Å²) in [5, 5.41) is 0. The first-order valence-electron chi connectivity index (χ1n) is 10.0. The fraction of sp³-hybridized carbons (Fsp3) is 0.320. The van der Waals surface area contributed by atoms with E-state index < -0.39 is 0 Å². The van der Waals surface area contributed by atoms with Gasteiger partial charge in [-0.25, -0.2) is 4.39 Å². The molecule has 1 aliphatic carbocycles. The highest BCUT2D eigenvalue weighted by Crippen LogP contribution is 2.40. The third-order valence-corrected chi connectivity index (χ3v) is 5.65. The Labute approximate surface area is 167 Å². The Balaban J connectivity index is 1.97. The molecule has 0 spiro atoms. The minimum absolute atomic E-state index is 0.147. The molecule has 28 heavy (non-hydrogen) atoms. The zero-order valence-corrected chi connectivity index (χ0v) is 16.8. The van der Waals surface area contributed by atoms with Crippen LogP contribution in [0.1, 0.15) is 59.9 Å². The molecule has 2 aromatic carbocycles. The fourth-order valence-electron chi connectivity index (χ4n) is 3.79. The van der Waals surface area contributed by atoms with Crippen molar-refractivity contribution < 1.29 is 4.39 Å². The van der Waals surface area contributed by atoms with E-state index >= 15 is 4.39 Å². The number of halogens is 1. The first kappa shape index (κ1) is 20.1. The van der Waals surface area contributed by atoms with E-state index in [-0.39, 0.29) is 5.82 Å². The molecular formula is C25H29FN2. The number of hydrogen-bond donors (Lipinski definition) is 1. The third kappa shape index (κ3) is 4.41. The molecule has 3 heteroatoms. The highest BCUT2D eigenvalue weighted by atomic mass is 19.1. The molecule has 0 unspecified atom stereocenters. The second-order valence-corrected chi connectivity index (χ2v) is 7.56. The largest absolute Gasteiger partial charge is 0.398 e. The molecule has 2 N–H and O–H groups in total. The van der Waals surface area contributed by atoms with E-state index in [0.717, 1.165) is 24.8 Å². The Morgan fingerprint density at radius 2 is 1.96 bits per heavy atom. The van der Waals surface area contributed by atoms with Crippen molar-refractivity contribution in [2.75, 3.05) is 0 Å². The van der Waals surface area contributed by atoms with Crippen LogP contribution in [0.3, 0.4) is 0 Å². The van der Waals surface area contributed by atoms with Crippen molar-refractivity contribution in [1.82, 2.24) is 0 Å². The molecule has 1 saturated carbocycles. The smallest absolute Gasteiger partial charge is 0.136 e. The lowest BCUT2D eigenvalue weighted by molar-refractivity contribution is 0.414. The summed E-state index contributed by atoms with van der Waals surface area (Å²) >= 11 is 0. The molecule has 0 bridgehead atoms. The first-order valence-corrected chi connectivity index (χ1v) is 10.0. The van der Waals surface area contributed by atoms with Gasteiger partial charge in [0.1, 0.15) is 5.82 Å². The lowest BCUT2D eigenvalue weighted by atomic mass is 9.76. The van der Waals surface area contributed by atoms with Crippen LogP contribution >= 0.6 is 0 Å². The van der Waals surface area contributed by atoms with Gasteiger partial charge in [0.25, 0.3) is 0 Å². The van der Waals surface area contributed by atoms with Crippen LogP contribution in [0.25, 0.3) is 5.70 Å². The van der Waals surface area contributed by atoms with Gasteiger partial charge >= 0.3 is 0 Å². The average Bonchev–Trinajstić information content (AvgIpc) is 2.63. The number of aliphatic imine (C=N–C) groups is 1. The quantitative estimate of drug-likeness (QED) is 0.583. The van der Waals surface area contributed by atoms with Crippen molar-refractivity contribution in [2.24, 2.45) is 10.7 Å². The summed E-state index contributed by atoms with van der Waals surface area (Å²) in [6.45, 7) is 7.60. The highest BCUT2D eigenvalue weighted by Gasteiger charge is 2.25. The molecule has 0 aliphatic heterocycles. The number of hydrogen-bond acceptors (Lipinski definition) is 2. The predicted molar refractivity (Wildman–Crippen MR) is 117 cm³/mol. The van der Waals surface area contributed by atoms with Crippen LogP contribution in [0.15, 0.2) is 59.7 Å². The van der Waals surface area contributed by atoms with Gasteiger partial charge < -0.3 is 5.73 Å². The van der Waals surface area contributed by atoms with Crippen molar-refractivity contribution in [3.8, 4) is 0 Å². The van der Waals surface area contributed by atoms with E-state index in [2.05, 4.69) is 36.7 Å². The zero-order chi connectivity index (χ0) is 20.1. The number of allylic oxidation sites excluding steroid dienone is 2. The van der Waals surface area contributed by atoms with Gasteiger partial charge in [-0.05, 0) is 73.8 Å². The topological polar surface area (TPSA) is 38.4 Å². The van der Waals surface area contributed by atoms with Gasteiger partial charge in [-0.2, -0.15) is 0 Å². The summed E-state index contributed by atoms with van der Waals surface area (Å²) < 4.78 is 15.7. The van der Waals surface area contributed by atoms with E-state index in [9.17, 15) is 0 Å². The third-order valence-electron chi connectivity index (χ3n) is 5.65. The van der Waals surface area contributed by atoms with Gasteiger partial charge in [0.05, 0.1) is 5.70 Å². The van der Waals surface area contributed by atoms with E-state index in [4.69, 9.17) is 5.73 Å².